The third-order valence-electron chi connectivity index (χ3n) is 2.81. The lowest BCUT2D eigenvalue weighted by Crippen LogP contribution is -2.16. The number of esters is 2. The number of hydrogen-bond donors (Lipinski definition) is 0. The zero-order valence-electron chi connectivity index (χ0n) is 13.6. The molecule has 23 heavy (non-hydrogen) atoms. The summed E-state index contributed by atoms with van der Waals surface area (Å²) >= 11 is 0. The Hall–Kier alpha value is -2.39. The van der Waals surface area contributed by atoms with Crippen LogP contribution in [0.2, 0.25) is 0 Å². The van der Waals surface area contributed by atoms with E-state index in [-0.39, 0.29) is 24.8 Å². The molecule has 0 amide bonds. The van der Waals surface area contributed by atoms with Gasteiger partial charge in [0.15, 0.2) is 0 Å². The summed E-state index contributed by atoms with van der Waals surface area (Å²) in [6.45, 7) is 10.7. The van der Waals surface area contributed by atoms with Crippen molar-refractivity contribution in [2.45, 2.75) is 38.9 Å². The maximum Gasteiger partial charge on any atom is 0.336 e. The third-order valence-corrected chi connectivity index (χ3v) is 2.81. The predicted molar refractivity (Wildman–Crippen MR) is 85.3 cm³/mol. The van der Waals surface area contributed by atoms with Gasteiger partial charge in [-0.15, -0.1) is 0 Å². The van der Waals surface area contributed by atoms with Crippen LogP contribution in [-0.4, -0.2) is 37.4 Å². The van der Waals surface area contributed by atoms with Crippen molar-refractivity contribution in [1.29, 1.82) is 5.26 Å². The van der Waals surface area contributed by atoms with Gasteiger partial charge in [0, 0.05) is 12.2 Å². The Morgan fingerprint density at radius 2 is 2.00 bits per heavy atom. The highest BCUT2D eigenvalue weighted by Crippen LogP contribution is 2.30. The predicted octanol–water partition coefficient (Wildman–Crippen LogP) is 2.47. The van der Waals surface area contributed by atoms with E-state index in [1.807, 2.05) is 6.92 Å². The SMILES string of the molecule is C=CC#N.C=CC(=O)OCC1OC1C(=CC)C(=O)OCCCC. The van der Waals surface area contributed by atoms with Crippen molar-refractivity contribution in [3.8, 4) is 6.07 Å². The molecule has 1 saturated heterocycles. The van der Waals surface area contributed by atoms with Gasteiger partial charge in [0.1, 0.15) is 18.8 Å². The Morgan fingerprint density at radius 1 is 1.35 bits per heavy atom. The zero-order chi connectivity index (χ0) is 17.7. The molecule has 6 heteroatoms. The highest BCUT2D eigenvalue weighted by molar-refractivity contribution is 5.90. The van der Waals surface area contributed by atoms with Crippen molar-refractivity contribution < 1.29 is 23.8 Å². The van der Waals surface area contributed by atoms with E-state index in [4.69, 9.17) is 19.5 Å². The average molecular weight is 321 g/mol. The molecule has 0 bridgehead atoms. The van der Waals surface area contributed by atoms with Gasteiger partial charge < -0.3 is 14.2 Å². The number of hydrogen-bond acceptors (Lipinski definition) is 6. The second kappa shape index (κ2) is 12.2. The first kappa shape index (κ1) is 20.6. The standard InChI is InChI=1S/C14H20O5.C3H3N/c1-4-7-8-17-14(16)10(5-2)13-11(19-13)9-18-12(15)6-3;1-2-3-4/h5-6,11,13H,3-4,7-9H2,1-2H3;2H,1H2. The van der Waals surface area contributed by atoms with E-state index < -0.39 is 5.97 Å². The van der Waals surface area contributed by atoms with Gasteiger partial charge >= 0.3 is 11.9 Å². The number of ether oxygens (including phenoxy) is 3. The van der Waals surface area contributed by atoms with Gasteiger partial charge in [-0.1, -0.05) is 32.6 Å². The summed E-state index contributed by atoms with van der Waals surface area (Å²) in [5.41, 5.74) is 0.482. The molecule has 126 valence electrons. The quantitative estimate of drug-likeness (QED) is 0.224. The van der Waals surface area contributed by atoms with E-state index in [2.05, 4.69) is 13.2 Å². The topological polar surface area (TPSA) is 88.9 Å². The lowest BCUT2D eigenvalue weighted by atomic mass is 10.1. The normalized spacial score (nSPS) is 18.6. The molecule has 6 nitrogen and oxygen atoms in total. The average Bonchev–Trinajstić information content (AvgIpc) is 3.33. The molecule has 2 unspecified atom stereocenters. The second-order valence-electron chi connectivity index (χ2n) is 4.50. The van der Waals surface area contributed by atoms with Crippen molar-refractivity contribution >= 4 is 11.9 Å². The molecule has 0 N–H and O–H groups in total. The lowest BCUT2D eigenvalue weighted by Gasteiger charge is -2.05. The van der Waals surface area contributed by atoms with Gasteiger partial charge in [0.2, 0.25) is 0 Å². The second-order valence-corrected chi connectivity index (χ2v) is 4.50. The first-order valence-corrected chi connectivity index (χ1v) is 7.34. The number of rotatable bonds is 8. The van der Waals surface area contributed by atoms with E-state index in [9.17, 15) is 9.59 Å². The van der Waals surface area contributed by atoms with Crippen LogP contribution in [0.5, 0.6) is 0 Å². The highest BCUT2D eigenvalue weighted by atomic mass is 16.6. The van der Waals surface area contributed by atoms with Crippen LogP contribution in [0.15, 0.2) is 37.0 Å². The van der Waals surface area contributed by atoms with Crippen molar-refractivity contribution in [1.82, 2.24) is 0 Å². The van der Waals surface area contributed by atoms with Gasteiger partial charge in [-0.25, -0.2) is 9.59 Å². The van der Waals surface area contributed by atoms with E-state index >= 15 is 0 Å². The van der Waals surface area contributed by atoms with E-state index in [0.717, 1.165) is 18.9 Å². The summed E-state index contributed by atoms with van der Waals surface area (Å²) in [5.74, 6) is -0.861. The van der Waals surface area contributed by atoms with Crippen LogP contribution >= 0.6 is 0 Å². The molecule has 0 spiro atoms. The molecule has 1 fully saturated rings. The third kappa shape index (κ3) is 8.59. The number of unbranched alkanes of at least 4 members (excludes halogenated alkanes) is 1. The van der Waals surface area contributed by atoms with Crippen molar-refractivity contribution in [2.24, 2.45) is 0 Å². The fourth-order valence-corrected chi connectivity index (χ4v) is 1.56. The van der Waals surface area contributed by atoms with Crippen LogP contribution in [0, 0.1) is 11.3 Å². The summed E-state index contributed by atoms with van der Waals surface area (Å²) < 4.78 is 15.3. The van der Waals surface area contributed by atoms with Crippen LogP contribution in [0.4, 0.5) is 0 Å². The maximum atomic E-state index is 11.8. The summed E-state index contributed by atoms with van der Waals surface area (Å²) in [7, 11) is 0. The van der Waals surface area contributed by atoms with Gasteiger partial charge in [-0.2, -0.15) is 5.26 Å². The van der Waals surface area contributed by atoms with Gasteiger partial charge in [0.25, 0.3) is 0 Å². The van der Waals surface area contributed by atoms with Crippen LogP contribution in [0.3, 0.4) is 0 Å². The molecule has 1 rings (SSSR count). The summed E-state index contributed by atoms with van der Waals surface area (Å²) in [4.78, 5) is 22.7. The summed E-state index contributed by atoms with van der Waals surface area (Å²) in [6, 6.07) is 1.69. The zero-order valence-corrected chi connectivity index (χ0v) is 13.6. The van der Waals surface area contributed by atoms with E-state index in [0.29, 0.717) is 12.2 Å². The first-order valence-electron chi connectivity index (χ1n) is 7.34. The van der Waals surface area contributed by atoms with Crippen molar-refractivity contribution in [2.75, 3.05) is 13.2 Å². The van der Waals surface area contributed by atoms with Crippen LogP contribution < -0.4 is 0 Å². The fraction of sp³-hybridized carbons (Fsp3) is 0.471. The minimum absolute atomic E-state index is 0.120. The Morgan fingerprint density at radius 3 is 2.48 bits per heavy atom. The van der Waals surface area contributed by atoms with Gasteiger partial charge in [-0.3, -0.25) is 0 Å². The molecule has 1 aliphatic rings. The summed E-state index contributed by atoms with van der Waals surface area (Å²) in [5, 5.41) is 7.51. The van der Waals surface area contributed by atoms with Gasteiger partial charge in [-0.05, 0) is 13.3 Å². The van der Waals surface area contributed by atoms with Crippen LogP contribution in [0.1, 0.15) is 26.7 Å². The number of allylic oxidation sites excluding steroid dienone is 2. The molecular weight excluding hydrogens is 298 g/mol. The molecule has 2 atom stereocenters. The first-order chi connectivity index (χ1) is 11.0. The molecule has 0 aromatic heterocycles. The fourth-order valence-electron chi connectivity index (χ4n) is 1.56. The molecular formula is C17H23NO5. The molecule has 1 aliphatic heterocycles. The molecule has 0 saturated carbocycles. The maximum absolute atomic E-state index is 11.8. The Balaban J connectivity index is 0.00000108. The summed E-state index contributed by atoms with van der Waals surface area (Å²) in [6.07, 6.45) is 5.15. The minimum Gasteiger partial charge on any atom is -0.462 e. The monoisotopic (exact) mass is 321 g/mol. The Kier molecular flexibility index (Phi) is 10.9. The number of nitrogens with zero attached hydrogens (tertiary/aromatic N) is 1. The van der Waals surface area contributed by atoms with Crippen LogP contribution in [-0.2, 0) is 23.8 Å². The molecule has 0 aromatic carbocycles. The number of carbonyl (C=O) groups is 2. The molecule has 0 aromatic rings. The smallest absolute Gasteiger partial charge is 0.336 e. The van der Waals surface area contributed by atoms with Gasteiger partial charge in [0.05, 0.1) is 18.2 Å². The lowest BCUT2D eigenvalue weighted by molar-refractivity contribution is -0.139. The Labute approximate surface area is 137 Å². The number of carbonyl (C=O) groups excluding carboxylic acids is 2. The molecule has 0 aliphatic carbocycles. The van der Waals surface area contributed by atoms with Crippen LogP contribution in [0.25, 0.3) is 0 Å². The largest absolute Gasteiger partial charge is 0.462 e. The van der Waals surface area contributed by atoms with E-state index in [1.54, 1.807) is 19.1 Å². The molecule has 1 heterocycles. The Bertz CT molecular complexity index is 490. The van der Waals surface area contributed by atoms with Crippen molar-refractivity contribution in [3.05, 3.63) is 37.0 Å². The molecule has 0 radical (unpaired) electrons. The minimum atomic E-state index is -0.498. The van der Waals surface area contributed by atoms with Crippen molar-refractivity contribution in [3.63, 3.8) is 0 Å². The number of epoxide rings is 1. The highest BCUT2D eigenvalue weighted by Gasteiger charge is 2.45. The van der Waals surface area contributed by atoms with E-state index in [1.165, 1.54) is 6.08 Å². The number of nitriles is 1.